The number of likely N-dealkylation sites (tertiary alicyclic amines) is 1. The van der Waals surface area contributed by atoms with E-state index in [4.69, 9.17) is 4.52 Å². The van der Waals surface area contributed by atoms with E-state index in [0.717, 1.165) is 12.1 Å². The molecule has 1 fully saturated rings. The van der Waals surface area contributed by atoms with E-state index >= 15 is 0 Å². The minimum Gasteiger partial charge on any atom is -0.337 e. The van der Waals surface area contributed by atoms with Gasteiger partial charge < -0.3 is 9.42 Å². The summed E-state index contributed by atoms with van der Waals surface area (Å²) in [6.07, 6.45) is -3.32. The summed E-state index contributed by atoms with van der Waals surface area (Å²) in [7, 11) is 0. The first kappa shape index (κ1) is 19.1. The Labute approximate surface area is 162 Å². The van der Waals surface area contributed by atoms with E-state index in [1.165, 1.54) is 41.3 Å². The van der Waals surface area contributed by atoms with Gasteiger partial charge in [-0.2, -0.15) is 18.2 Å². The summed E-state index contributed by atoms with van der Waals surface area (Å²) in [6, 6.07) is 9.34. The molecule has 5 nitrogen and oxygen atoms in total. The summed E-state index contributed by atoms with van der Waals surface area (Å²) in [6.45, 7) is 0.369. The maximum atomic E-state index is 13.1. The Morgan fingerprint density at radius 3 is 2.62 bits per heavy atom. The number of amides is 1. The van der Waals surface area contributed by atoms with Crippen LogP contribution in [0.5, 0.6) is 0 Å². The second-order valence-corrected chi connectivity index (χ2v) is 6.70. The summed E-state index contributed by atoms with van der Waals surface area (Å²) < 4.78 is 57.2. The Morgan fingerprint density at radius 2 is 1.90 bits per heavy atom. The van der Waals surface area contributed by atoms with Gasteiger partial charge in [-0.1, -0.05) is 11.2 Å². The Balaban J connectivity index is 1.58. The largest absolute Gasteiger partial charge is 0.416 e. The van der Waals surface area contributed by atoms with Crippen LogP contribution in [0, 0.1) is 5.82 Å². The Hall–Kier alpha value is -3.23. The van der Waals surface area contributed by atoms with E-state index in [-0.39, 0.29) is 17.3 Å². The molecule has 2 aromatic carbocycles. The third-order valence-electron chi connectivity index (χ3n) is 4.78. The Morgan fingerprint density at radius 1 is 1.14 bits per heavy atom. The maximum Gasteiger partial charge on any atom is 0.416 e. The normalized spacial score (nSPS) is 17.0. The molecule has 0 aliphatic carbocycles. The number of hydrogen-bond donors (Lipinski definition) is 0. The first-order chi connectivity index (χ1) is 13.8. The lowest BCUT2D eigenvalue weighted by molar-refractivity contribution is -0.137. The lowest BCUT2D eigenvalue weighted by atomic mass is 10.1. The second-order valence-electron chi connectivity index (χ2n) is 6.70. The van der Waals surface area contributed by atoms with Crippen LogP contribution < -0.4 is 0 Å². The highest BCUT2D eigenvalue weighted by atomic mass is 19.4. The average molecular weight is 405 g/mol. The van der Waals surface area contributed by atoms with Crippen molar-refractivity contribution >= 4 is 5.91 Å². The van der Waals surface area contributed by atoms with Crippen molar-refractivity contribution in [2.75, 3.05) is 6.54 Å². The second kappa shape index (κ2) is 7.31. The highest BCUT2D eigenvalue weighted by Gasteiger charge is 2.36. The van der Waals surface area contributed by atoms with Crippen LogP contribution in [0.15, 0.2) is 53.1 Å². The van der Waals surface area contributed by atoms with E-state index < -0.39 is 29.5 Å². The third kappa shape index (κ3) is 3.85. The van der Waals surface area contributed by atoms with Crippen molar-refractivity contribution in [3.63, 3.8) is 0 Å². The number of carbonyl (C=O) groups is 1. The molecule has 0 spiro atoms. The number of alkyl halides is 3. The molecule has 0 radical (unpaired) electrons. The molecular weight excluding hydrogens is 390 g/mol. The molecular formula is C20H15F4N3O2. The van der Waals surface area contributed by atoms with Crippen molar-refractivity contribution < 1.29 is 26.9 Å². The first-order valence-corrected chi connectivity index (χ1v) is 8.91. The molecule has 4 rings (SSSR count). The fourth-order valence-electron chi connectivity index (χ4n) is 3.35. The van der Waals surface area contributed by atoms with E-state index in [2.05, 4.69) is 10.1 Å². The van der Waals surface area contributed by atoms with E-state index in [1.54, 1.807) is 0 Å². The number of benzene rings is 2. The van der Waals surface area contributed by atoms with E-state index in [9.17, 15) is 22.4 Å². The molecule has 1 atom stereocenters. The van der Waals surface area contributed by atoms with Crippen LogP contribution in [0.3, 0.4) is 0 Å². The standard InChI is InChI=1S/C20H15F4N3O2/c21-15-8-6-12(7-9-15)17-25-18(29-26-17)16-5-2-10-27(16)19(28)13-3-1-4-14(11-13)20(22,23)24/h1,3-4,6-9,11,16H,2,5,10H2. The number of halogens is 4. The van der Waals surface area contributed by atoms with Crippen molar-refractivity contribution in [3.8, 4) is 11.4 Å². The number of aromatic nitrogens is 2. The van der Waals surface area contributed by atoms with Crippen molar-refractivity contribution in [2.24, 2.45) is 0 Å². The number of nitrogens with zero attached hydrogens (tertiary/aromatic N) is 3. The zero-order valence-corrected chi connectivity index (χ0v) is 15.0. The van der Waals surface area contributed by atoms with Gasteiger partial charge in [0.2, 0.25) is 11.7 Å². The Kier molecular flexibility index (Phi) is 4.81. The molecule has 9 heteroatoms. The molecule has 0 N–H and O–H groups in total. The number of hydrogen-bond acceptors (Lipinski definition) is 4. The van der Waals surface area contributed by atoms with Crippen LogP contribution in [-0.2, 0) is 6.18 Å². The molecule has 1 saturated heterocycles. The van der Waals surface area contributed by atoms with Crippen LogP contribution in [-0.4, -0.2) is 27.5 Å². The quantitative estimate of drug-likeness (QED) is 0.584. The molecule has 1 aromatic heterocycles. The molecule has 1 aliphatic rings. The van der Waals surface area contributed by atoms with Gasteiger partial charge in [0.15, 0.2) is 0 Å². The molecule has 150 valence electrons. The zero-order chi connectivity index (χ0) is 20.6. The minimum atomic E-state index is -4.53. The molecule has 0 bridgehead atoms. The Bertz CT molecular complexity index is 1030. The van der Waals surface area contributed by atoms with Crippen LogP contribution in [0.4, 0.5) is 17.6 Å². The summed E-state index contributed by atoms with van der Waals surface area (Å²) in [5, 5.41) is 3.88. The van der Waals surface area contributed by atoms with Crippen LogP contribution in [0.1, 0.15) is 40.7 Å². The van der Waals surface area contributed by atoms with Crippen LogP contribution >= 0.6 is 0 Å². The van der Waals surface area contributed by atoms with Gasteiger partial charge in [0.1, 0.15) is 11.9 Å². The molecule has 1 amide bonds. The van der Waals surface area contributed by atoms with Gasteiger partial charge in [-0.3, -0.25) is 4.79 Å². The van der Waals surface area contributed by atoms with Crippen molar-refractivity contribution in [3.05, 3.63) is 71.4 Å². The van der Waals surface area contributed by atoms with E-state index in [1.807, 2.05) is 0 Å². The molecule has 1 aliphatic heterocycles. The van der Waals surface area contributed by atoms with Gasteiger partial charge in [0, 0.05) is 17.7 Å². The predicted octanol–water partition coefficient (Wildman–Crippen LogP) is 4.87. The SMILES string of the molecule is O=C(c1cccc(C(F)(F)F)c1)N1CCCC1c1nc(-c2ccc(F)cc2)no1. The molecule has 2 heterocycles. The van der Waals surface area contributed by atoms with Gasteiger partial charge >= 0.3 is 6.18 Å². The van der Waals surface area contributed by atoms with Crippen molar-refractivity contribution in [1.82, 2.24) is 15.0 Å². The first-order valence-electron chi connectivity index (χ1n) is 8.91. The number of rotatable bonds is 3. The van der Waals surface area contributed by atoms with Gasteiger partial charge in [0.05, 0.1) is 5.56 Å². The predicted molar refractivity (Wildman–Crippen MR) is 94.1 cm³/mol. The smallest absolute Gasteiger partial charge is 0.337 e. The van der Waals surface area contributed by atoms with Gasteiger partial charge in [0.25, 0.3) is 5.91 Å². The molecule has 29 heavy (non-hydrogen) atoms. The summed E-state index contributed by atoms with van der Waals surface area (Å²) in [4.78, 5) is 18.6. The number of carbonyl (C=O) groups excluding carboxylic acids is 1. The van der Waals surface area contributed by atoms with Gasteiger partial charge in [-0.05, 0) is 55.3 Å². The highest BCUT2D eigenvalue weighted by Crippen LogP contribution is 2.34. The fraction of sp³-hybridized carbons (Fsp3) is 0.250. The van der Waals surface area contributed by atoms with Crippen molar-refractivity contribution in [1.29, 1.82) is 0 Å². The van der Waals surface area contributed by atoms with Crippen LogP contribution in [0.25, 0.3) is 11.4 Å². The van der Waals surface area contributed by atoms with E-state index in [0.29, 0.717) is 24.9 Å². The fourth-order valence-corrected chi connectivity index (χ4v) is 3.35. The summed E-state index contributed by atoms with van der Waals surface area (Å²) in [5.74, 6) is -0.480. The monoisotopic (exact) mass is 405 g/mol. The van der Waals surface area contributed by atoms with Gasteiger partial charge in [-0.15, -0.1) is 0 Å². The zero-order valence-electron chi connectivity index (χ0n) is 15.0. The lowest BCUT2D eigenvalue weighted by Gasteiger charge is -2.22. The molecule has 0 saturated carbocycles. The lowest BCUT2D eigenvalue weighted by Crippen LogP contribution is -2.31. The van der Waals surface area contributed by atoms with Crippen molar-refractivity contribution in [2.45, 2.75) is 25.1 Å². The average Bonchev–Trinajstić information content (AvgIpc) is 3.37. The van der Waals surface area contributed by atoms with Gasteiger partial charge in [-0.25, -0.2) is 4.39 Å². The van der Waals surface area contributed by atoms with Crippen LogP contribution in [0.2, 0.25) is 0 Å². The summed E-state index contributed by atoms with van der Waals surface area (Å²) >= 11 is 0. The highest BCUT2D eigenvalue weighted by molar-refractivity contribution is 5.94. The minimum absolute atomic E-state index is 0.0509. The third-order valence-corrected chi connectivity index (χ3v) is 4.78. The maximum absolute atomic E-state index is 13.1. The summed E-state index contributed by atoms with van der Waals surface area (Å²) in [5.41, 5.74) is -0.379. The molecule has 3 aromatic rings. The molecule has 1 unspecified atom stereocenters. The topological polar surface area (TPSA) is 59.2 Å².